The quantitative estimate of drug-likeness (QED) is 0.557. The van der Waals surface area contributed by atoms with Gasteiger partial charge in [0.25, 0.3) is 0 Å². The van der Waals surface area contributed by atoms with Gasteiger partial charge in [0, 0.05) is 10.8 Å². The summed E-state index contributed by atoms with van der Waals surface area (Å²) in [5.74, 6) is 0. The van der Waals surface area contributed by atoms with Crippen molar-refractivity contribution in [1.29, 1.82) is 0 Å². The van der Waals surface area contributed by atoms with Gasteiger partial charge in [-0.1, -0.05) is 4.99 Å². The van der Waals surface area contributed by atoms with Gasteiger partial charge in [-0.05, 0) is 12.2 Å². The molecule has 2 aliphatic rings. The van der Waals surface area contributed by atoms with Crippen molar-refractivity contribution in [3.05, 3.63) is 35.4 Å². The first-order valence-electron chi connectivity index (χ1n) is 3.03. The van der Waals surface area contributed by atoms with Gasteiger partial charge in [-0.25, -0.2) is 13.9 Å². The zero-order valence-corrected chi connectivity index (χ0v) is 6.82. The molecule has 2 heterocycles. The van der Waals surface area contributed by atoms with Crippen molar-refractivity contribution in [2.75, 3.05) is 0 Å². The van der Waals surface area contributed by atoms with Gasteiger partial charge in [0.2, 0.25) is 0 Å². The van der Waals surface area contributed by atoms with Crippen LogP contribution in [0.2, 0.25) is 0 Å². The molecule has 66 valence electrons. The Hall–Kier alpha value is -1.27. The lowest BCUT2D eigenvalue weighted by atomic mass is 10.6. The van der Waals surface area contributed by atoms with Gasteiger partial charge in [0.05, 0.1) is 6.20 Å². The average molecular weight is 189 g/mol. The van der Waals surface area contributed by atoms with E-state index in [1.165, 1.54) is 18.4 Å². The highest BCUT2D eigenvalue weighted by molar-refractivity contribution is 7.97. The van der Waals surface area contributed by atoms with Crippen LogP contribution in [0.5, 0.6) is 0 Å². The van der Waals surface area contributed by atoms with E-state index in [1.54, 1.807) is 6.20 Å². The molecule has 0 unspecified atom stereocenters. The highest BCUT2D eigenvalue weighted by Crippen LogP contribution is 2.01. The predicted molar refractivity (Wildman–Crippen MR) is 41.6 cm³/mol. The van der Waals surface area contributed by atoms with Crippen molar-refractivity contribution in [3.63, 3.8) is 0 Å². The smallest absolute Gasteiger partial charge is 0.193 e. The highest BCUT2D eigenvalue weighted by atomic mass is 32.2. The largest absolute Gasteiger partial charge is 0.321 e. The number of rotatable bonds is 0. The Morgan fingerprint density at radius 1 is 1.17 bits per heavy atom. The maximum absolute atomic E-state index is 10.3. The maximum Gasteiger partial charge on any atom is 0.193 e. The third-order valence-corrected chi connectivity index (χ3v) is 2.01. The van der Waals surface area contributed by atoms with E-state index in [4.69, 9.17) is 0 Å². The molecule has 0 bridgehead atoms. The van der Waals surface area contributed by atoms with E-state index in [-0.39, 0.29) is 0 Å². The van der Waals surface area contributed by atoms with E-state index >= 15 is 0 Å². The van der Waals surface area contributed by atoms with Crippen molar-refractivity contribution < 1.29 is 18.3 Å². The number of hydrogen-bond acceptors (Lipinski definition) is 5. The van der Waals surface area contributed by atoms with Crippen LogP contribution in [0.15, 0.2) is 35.4 Å². The molecule has 12 heavy (non-hydrogen) atoms. The topological polar surface area (TPSA) is 64.6 Å². The summed E-state index contributed by atoms with van der Waals surface area (Å²) in [6.07, 6.45) is 5.94. The summed E-state index contributed by atoms with van der Waals surface area (Å²) < 4.78 is 20.5. The first-order valence-corrected chi connectivity index (χ1v) is 4.64. The minimum absolute atomic E-state index is 1.16. The van der Waals surface area contributed by atoms with Crippen LogP contribution in [0.25, 0.3) is 0 Å². The molecule has 0 aromatic rings. The second-order valence-electron chi connectivity index (χ2n) is 1.85. The molecule has 0 saturated carbocycles. The van der Waals surface area contributed by atoms with Crippen LogP contribution >= 0.6 is 0 Å². The monoisotopic (exact) mass is 189 g/mol. The van der Waals surface area contributed by atoms with Crippen molar-refractivity contribution in [3.8, 4) is 0 Å². The standard InChI is InChI=1S/C4H4O2S.C2H3NO2/c5-7(6)3-1-2-4-7;1-2-4-5-3-1/h1-4H;1-3H. The molecule has 1 N–H and O–H groups in total. The molecule has 0 fully saturated rings. The van der Waals surface area contributed by atoms with Crippen LogP contribution in [-0.4, -0.2) is 8.42 Å². The zero-order valence-electron chi connectivity index (χ0n) is 6.01. The number of sulfone groups is 1. The van der Waals surface area contributed by atoms with Crippen LogP contribution in [0.1, 0.15) is 0 Å². The summed E-state index contributed by atoms with van der Waals surface area (Å²) >= 11 is 0. The Balaban J connectivity index is 0.000000127. The summed E-state index contributed by atoms with van der Waals surface area (Å²) in [6, 6.07) is 0. The van der Waals surface area contributed by atoms with E-state index in [0.29, 0.717) is 0 Å². The Labute approximate surface area is 69.8 Å². The average Bonchev–Trinajstić information content (AvgIpc) is 2.60. The lowest BCUT2D eigenvalue weighted by Gasteiger charge is -1.81. The molecule has 0 amide bonds. The summed E-state index contributed by atoms with van der Waals surface area (Å²) in [5.41, 5.74) is 2.32. The van der Waals surface area contributed by atoms with Crippen LogP contribution in [0.4, 0.5) is 0 Å². The second kappa shape index (κ2) is 3.93. The molecule has 0 radical (unpaired) electrons. The molecule has 0 saturated heterocycles. The van der Waals surface area contributed by atoms with E-state index in [2.05, 4.69) is 15.4 Å². The highest BCUT2D eigenvalue weighted by Gasteiger charge is 2.00. The molecular formula is C6H7NO4S. The fourth-order valence-corrected chi connectivity index (χ4v) is 1.20. The summed E-state index contributed by atoms with van der Waals surface area (Å²) in [5, 5.41) is 2.32. The predicted octanol–water partition coefficient (Wildman–Crippen LogP) is 0.366. The Kier molecular flexibility index (Phi) is 2.89. The van der Waals surface area contributed by atoms with Crippen molar-refractivity contribution >= 4 is 9.84 Å². The molecule has 0 atom stereocenters. The number of nitrogens with one attached hydrogen (secondary N) is 1. The first kappa shape index (κ1) is 8.82. The minimum atomic E-state index is -2.91. The van der Waals surface area contributed by atoms with Gasteiger partial charge in [-0.15, -0.1) is 0 Å². The molecular weight excluding hydrogens is 182 g/mol. The Morgan fingerprint density at radius 3 is 2.00 bits per heavy atom. The van der Waals surface area contributed by atoms with Crippen LogP contribution < -0.4 is 5.48 Å². The normalized spacial score (nSPS) is 21.0. The van der Waals surface area contributed by atoms with Crippen molar-refractivity contribution in [1.82, 2.24) is 5.48 Å². The molecule has 0 aliphatic carbocycles. The molecule has 5 nitrogen and oxygen atoms in total. The maximum atomic E-state index is 10.3. The van der Waals surface area contributed by atoms with E-state index < -0.39 is 9.84 Å². The van der Waals surface area contributed by atoms with Gasteiger partial charge < -0.3 is 4.89 Å². The Morgan fingerprint density at radius 2 is 1.83 bits per heavy atom. The van der Waals surface area contributed by atoms with Gasteiger partial charge in [-0.3, -0.25) is 0 Å². The van der Waals surface area contributed by atoms with Crippen LogP contribution in [0, 0.1) is 0 Å². The SMILES string of the molecule is C1=COON1.O=S1(=O)C=CC=C1. The summed E-state index contributed by atoms with van der Waals surface area (Å²) in [7, 11) is -2.91. The number of hydrogen-bond donors (Lipinski definition) is 1. The van der Waals surface area contributed by atoms with Crippen LogP contribution in [-0.2, 0) is 19.7 Å². The third-order valence-electron chi connectivity index (χ3n) is 0.935. The lowest BCUT2D eigenvalue weighted by molar-refractivity contribution is -0.264. The lowest BCUT2D eigenvalue weighted by Crippen LogP contribution is -1.94. The fourth-order valence-electron chi connectivity index (χ4n) is 0.494. The Bertz CT molecular complexity index is 290. The second-order valence-corrected chi connectivity index (χ2v) is 3.57. The molecule has 6 heteroatoms. The summed E-state index contributed by atoms with van der Waals surface area (Å²) in [4.78, 5) is 8.24. The number of hydroxylamine groups is 1. The molecule has 2 aliphatic heterocycles. The summed E-state index contributed by atoms with van der Waals surface area (Å²) in [6.45, 7) is 0. The molecule has 0 spiro atoms. The van der Waals surface area contributed by atoms with Gasteiger partial charge >= 0.3 is 0 Å². The van der Waals surface area contributed by atoms with Gasteiger partial charge in [-0.2, -0.15) is 0 Å². The van der Waals surface area contributed by atoms with Crippen molar-refractivity contribution in [2.24, 2.45) is 0 Å². The minimum Gasteiger partial charge on any atom is -0.321 e. The fraction of sp³-hybridized carbons (Fsp3) is 0. The molecule has 0 aromatic heterocycles. The van der Waals surface area contributed by atoms with E-state index in [1.807, 2.05) is 0 Å². The third kappa shape index (κ3) is 3.22. The van der Waals surface area contributed by atoms with Crippen molar-refractivity contribution in [2.45, 2.75) is 0 Å². The van der Waals surface area contributed by atoms with E-state index in [0.717, 1.165) is 10.8 Å². The molecule has 2 rings (SSSR count). The number of allylic oxidation sites excluding steroid dienone is 2. The zero-order chi connectivity index (χ0) is 8.86. The van der Waals surface area contributed by atoms with Crippen LogP contribution in [0.3, 0.4) is 0 Å². The van der Waals surface area contributed by atoms with Gasteiger partial charge in [0.1, 0.15) is 6.26 Å². The first-order chi connectivity index (χ1) is 5.71. The molecule has 0 aromatic carbocycles. The van der Waals surface area contributed by atoms with E-state index in [9.17, 15) is 8.42 Å². The van der Waals surface area contributed by atoms with Gasteiger partial charge in [0.15, 0.2) is 9.84 Å².